The first-order valence-corrected chi connectivity index (χ1v) is 15.6. The quantitative estimate of drug-likeness (QED) is 0.150. The molecule has 10 nitrogen and oxygen atoms in total. The number of thioether (sulfide) groups is 1. The molecule has 5 aromatic rings. The van der Waals surface area contributed by atoms with Gasteiger partial charge in [-0.1, -0.05) is 41.6 Å². The summed E-state index contributed by atoms with van der Waals surface area (Å²) in [5, 5.41) is 15.9. The van der Waals surface area contributed by atoms with Crippen molar-refractivity contribution in [3.63, 3.8) is 0 Å². The highest BCUT2D eigenvalue weighted by atomic mass is 32.2. The van der Waals surface area contributed by atoms with E-state index < -0.39 is 0 Å². The number of morpholine rings is 1. The number of carbonyl (C=O) groups excluding carboxylic acids is 1. The van der Waals surface area contributed by atoms with Gasteiger partial charge in [-0.3, -0.25) is 9.69 Å². The van der Waals surface area contributed by atoms with Gasteiger partial charge in [-0.05, 0) is 60.7 Å². The van der Waals surface area contributed by atoms with E-state index in [4.69, 9.17) is 4.74 Å². The molecule has 0 atom stereocenters. The maximum atomic E-state index is 12.6. The third-order valence-electron chi connectivity index (χ3n) is 7.20. The summed E-state index contributed by atoms with van der Waals surface area (Å²) in [6.45, 7) is 5.48. The van der Waals surface area contributed by atoms with Crippen LogP contribution in [0.4, 0.5) is 17.2 Å². The second kappa shape index (κ2) is 14.2. The van der Waals surface area contributed by atoms with Crippen molar-refractivity contribution in [2.24, 2.45) is 0 Å². The monoisotopic (exact) mass is 594 g/mol. The van der Waals surface area contributed by atoms with Gasteiger partial charge in [0.1, 0.15) is 17.7 Å². The maximum absolute atomic E-state index is 12.6. The molecule has 220 valence electrons. The van der Waals surface area contributed by atoms with E-state index in [1.54, 1.807) is 6.08 Å². The Hall–Kier alpha value is -4.32. The van der Waals surface area contributed by atoms with E-state index in [-0.39, 0.29) is 5.91 Å². The number of nitrogens with zero attached hydrogens (tertiary/aromatic N) is 6. The van der Waals surface area contributed by atoms with Crippen LogP contribution < -0.4 is 10.6 Å². The number of fused-ring (bicyclic) bond motifs is 2. The molecule has 1 amide bonds. The van der Waals surface area contributed by atoms with E-state index in [1.807, 2.05) is 77.1 Å². The van der Waals surface area contributed by atoms with Crippen LogP contribution in [0.3, 0.4) is 0 Å². The number of carbonyl (C=O) groups is 1. The number of benzene rings is 3. The molecule has 2 aromatic heterocycles. The van der Waals surface area contributed by atoms with Crippen LogP contribution in [0, 0.1) is 0 Å². The molecule has 3 aromatic carbocycles. The van der Waals surface area contributed by atoms with E-state index >= 15 is 0 Å². The molecule has 0 bridgehead atoms. The van der Waals surface area contributed by atoms with Gasteiger partial charge in [0.05, 0.1) is 30.8 Å². The molecule has 43 heavy (non-hydrogen) atoms. The first kappa shape index (κ1) is 28.8. The minimum Gasteiger partial charge on any atom is -0.379 e. The molecular weight excluding hydrogens is 560 g/mol. The third-order valence-corrected chi connectivity index (χ3v) is 8.21. The van der Waals surface area contributed by atoms with Gasteiger partial charge in [-0.2, -0.15) is 11.8 Å². The number of ether oxygens (including phenoxy) is 1. The summed E-state index contributed by atoms with van der Waals surface area (Å²) >= 11 is 1.84. The van der Waals surface area contributed by atoms with Crippen molar-refractivity contribution >= 4 is 56.8 Å². The Labute approximate surface area is 254 Å². The van der Waals surface area contributed by atoms with E-state index in [1.165, 1.54) is 6.33 Å². The molecule has 0 spiro atoms. The van der Waals surface area contributed by atoms with Crippen molar-refractivity contribution in [2.75, 3.05) is 55.0 Å². The molecule has 0 unspecified atom stereocenters. The summed E-state index contributed by atoms with van der Waals surface area (Å²) in [5.74, 6) is 2.35. The predicted octanol–water partition coefficient (Wildman–Crippen LogP) is 5.12. The maximum Gasteiger partial charge on any atom is 0.248 e. The van der Waals surface area contributed by atoms with Crippen LogP contribution in [-0.2, 0) is 16.1 Å². The Bertz CT molecular complexity index is 1700. The molecule has 1 saturated heterocycles. The first-order valence-electron chi connectivity index (χ1n) is 14.5. The summed E-state index contributed by atoms with van der Waals surface area (Å²) < 4.78 is 7.29. The molecule has 1 aliphatic rings. The fraction of sp³-hybridized carbons (Fsp3) is 0.281. The minimum absolute atomic E-state index is 0.163. The van der Waals surface area contributed by atoms with E-state index in [2.05, 4.69) is 47.9 Å². The lowest BCUT2D eigenvalue weighted by atomic mass is 10.2. The third kappa shape index (κ3) is 7.75. The van der Waals surface area contributed by atoms with Gasteiger partial charge in [0.15, 0.2) is 0 Å². The average Bonchev–Trinajstić information content (AvgIpc) is 3.43. The number of nitrogens with one attached hydrogen (secondary N) is 2. The predicted molar refractivity (Wildman–Crippen MR) is 173 cm³/mol. The largest absolute Gasteiger partial charge is 0.379 e. The van der Waals surface area contributed by atoms with Crippen molar-refractivity contribution in [1.82, 2.24) is 29.9 Å². The fourth-order valence-electron chi connectivity index (χ4n) is 5.00. The second-order valence-electron chi connectivity index (χ2n) is 10.3. The lowest BCUT2D eigenvalue weighted by molar-refractivity contribution is -0.111. The topological polar surface area (TPSA) is 110 Å². The van der Waals surface area contributed by atoms with Gasteiger partial charge in [0, 0.05) is 41.7 Å². The zero-order chi connectivity index (χ0) is 29.3. The summed E-state index contributed by atoms with van der Waals surface area (Å²) in [6.07, 6.45) is 6.18. The second-order valence-corrected chi connectivity index (χ2v) is 11.4. The molecule has 11 heteroatoms. The minimum atomic E-state index is -0.163. The van der Waals surface area contributed by atoms with Crippen molar-refractivity contribution in [2.45, 2.75) is 13.0 Å². The summed E-state index contributed by atoms with van der Waals surface area (Å²) in [7, 11) is 0. The standard InChI is InChI=1S/C32H34N8O2S/c41-31(8-4-18-43-19-5-13-39-14-16-42-17-15-39)35-25-9-11-28-27(20-25)32(34-23-33-28)36-26-10-12-30-29(21-26)37-38-40(30)22-24-6-2-1-3-7-24/h1-4,6-12,20-21,23H,5,13-19,22H2,(H,35,41)(H,33,34,36). The van der Waals surface area contributed by atoms with Gasteiger partial charge in [-0.15, -0.1) is 5.10 Å². The van der Waals surface area contributed by atoms with E-state index in [0.29, 0.717) is 18.1 Å². The van der Waals surface area contributed by atoms with Crippen LogP contribution in [0.5, 0.6) is 0 Å². The van der Waals surface area contributed by atoms with Crippen molar-refractivity contribution in [1.29, 1.82) is 0 Å². The first-order chi connectivity index (χ1) is 21.2. The number of rotatable bonds is 12. The van der Waals surface area contributed by atoms with E-state index in [9.17, 15) is 4.79 Å². The van der Waals surface area contributed by atoms with Crippen molar-refractivity contribution in [3.05, 3.63) is 90.8 Å². The molecule has 3 heterocycles. The van der Waals surface area contributed by atoms with Crippen molar-refractivity contribution < 1.29 is 9.53 Å². The van der Waals surface area contributed by atoms with Crippen LogP contribution in [0.15, 0.2) is 85.2 Å². The van der Waals surface area contributed by atoms with Crippen molar-refractivity contribution in [3.8, 4) is 0 Å². The number of hydrogen-bond donors (Lipinski definition) is 2. The van der Waals surface area contributed by atoms with Crippen LogP contribution in [0.1, 0.15) is 12.0 Å². The molecule has 1 aliphatic heterocycles. The highest BCUT2D eigenvalue weighted by Crippen LogP contribution is 2.27. The summed E-state index contributed by atoms with van der Waals surface area (Å²) in [6, 6.07) is 21.7. The van der Waals surface area contributed by atoms with Gasteiger partial charge in [0.2, 0.25) is 5.91 Å². The number of anilines is 3. The molecule has 2 N–H and O–H groups in total. The van der Waals surface area contributed by atoms with Gasteiger partial charge < -0.3 is 15.4 Å². The SMILES string of the molecule is O=C(C=CCSCCCN1CCOCC1)Nc1ccc2ncnc(Nc3ccc4c(c3)nnn4Cc3ccccc3)c2c1. The molecule has 1 fully saturated rings. The van der Waals surface area contributed by atoms with E-state index in [0.717, 1.165) is 84.0 Å². The smallest absolute Gasteiger partial charge is 0.248 e. The highest BCUT2D eigenvalue weighted by Gasteiger charge is 2.11. The molecular formula is C32H34N8O2S. The fourth-order valence-corrected chi connectivity index (χ4v) is 5.73. The van der Waals surface area contributed by atoms with Crippen LogP contribution in [0.25, 0.3) is 21.9 Å². The van der Waals surface area contributed by atoms with Gasteiger partial charge >= 0.3 is 0 Å². The Morgan fingerprint density at radius 2 is 1.84 bits per heavy atom. The molecule has 0 saturated carbocycles. The highest BCUT2D eigenvalue weighted by molar-refractivity contribution is 7.99. The van der Waals surface area contributed by atoms with Crippen LogP contribution >= 0.6 is 11.8 Å². The zero-order valence-electron chi connectivity index (χ0n) is 23.9. The molecule has 0 aliphatic carbocycles. The Morgan fingerprint density at radius 1 is 0.977 bits per heavy atom. The normalized spacial score (nSPS) is 14.0. The van der Waals surface area contributed by atoms with Gasteiger partial charge in [-0.25, -0.2) is 14.6 Å². The van der Waals surface area contributed by atoms with Gasteiger partial charge in [0.25, 0.3) is 0 Å². The van der Waals surface area contributed by atoms with Crippen LogP contribution in [-0.4, -0.2) is 80.1 Å². The van der Waals surface area contributed by atoms with Crippen LogP contribution in [0.2, 0.25) is 0 Å². The lowest BCUT2D eigenvalue weighted by Gasteiger charge is -2.26. The average molecular weight is 595 g/mol. The Balaban J connectivity index is 1.05. The number of aromatic nitrogens is 5. The molecule has 0 radical (unpaired) electrons. The molecule has 6 rings (SSSR count). The zero-order valence-corrected chi connectivity index (χ0v) is 24.7. The Kier molecular flexibility index (Phi) is 9.53. The number of hydrogen-bond acceptors (Lipinski definition) is 9. The Morgan fingerprint density at radius 3 is 2.72 bits per heavy atom. The summed E-state index contributed by atoms with van der Waals surface area (Å²) in [4.78, 5) is 23.9. The summed E-state index contributed by atoms with van der Waals surface area (Å²) in [5.41, 5.74) is 5.18. The lowest BCUT2D eigenvalue weighted by Crippen LogP contribution is -2.36. The number of amides is 1.